The van der Waals surface area contributed by atoms with Crippen LogP contribution in [0.1, 0.15) is 6.92 Å². The van der Waals surface area contributed by atoms with Gasteiger partial charge in [-0.25, -0.2) is 4.79 Å². The molecule has 2 aromatic rings. The van der Waals surface area contributed by atoms with E-state index in [1.54, 1.807) is 36.9 Å². The Bertz CT molecular complexity index is 623. The van der Waals surface area contributed by atoms with Gasteiger partial charge < -0.3 is 14.3 Å². The second-order valence-corrected chi connectivity index (χ2v) is 4.98. The average molecular weight is 309 g/mol. The predicted molar refractivity (Wildman–Crippen MR) is 76.6 cm³/mol. The van der Waals surface area contributed by atoms with E-state index in [2.05, 4.69) is 20.8 Å². The van der Waals surface area contributed by atoms with E-state index in [0.717, 1.165) is 0 Å². The van der Waals surface area contributed by atoms with E-state index in [0.29, 0.717) is 23.3 Å². The topological polar surface area (TPSA) is 102 Å². The maximum absolute atomic E-state index is 11.6. The van der Waals surface area contributed by atoms with Crippen LogP contribution in [0.25, 0.3) is 11.6 Å². The van der Waals surface area contributed by atoms with Gasteiger partial charge in [0.15, 0.2) is 16.7 Å². The van der Waals surface area contributed by atoms with Gasteiger partial charge in [-0.1, -0.05) is 11.8 Å². The zero-order chi connectivity index (χ0) is 15.2. The van der Waals surface area contributed by atoms with Crippen molar-refractivity contribution < 1.29 is 14.0 Å². The van der Waals surface area contributed by atoms with Crippen LogP contribution < -0.4 is 10.6 Å². The van der Waals surface area contributed by atoms with E-state index in [9.17, 15) is 9.59 Å². The number of nitrogens with zero attached hydrogens (tertiary/aromatic N) is 3. The molecule has 0 aliphatic heterocycles. The van der Waals surface area contributed by atoms with E-state index in [4.69, 9.17) is 4.42 Å². The Hall–Kier alpha value is -2.29. The number of nitrogens with one attached hydrogen (secondary N) is 2. The van der Waals surface area contributed by atoms with E-state index in [-0.39, 0.29) is 5.75 Å². The number of rotatable bonds is 5. The van der Waals surface area contributed by atoms with Gasteiger partial charge in [-0.2, -0.15) is 0 Å². The summed E-state index contributed by atoms with van der Waals surface area (Å²) in [6.07, 6.45) is 1.55. The fourth-order valence-electron chi connectivity index (χ4n) is 1.56. The fourth-order valence-corrected chi connectivity index (χ4v) is 2.27. The Labute approximate surface area is 125 Å². The summed E-state index contributed by atoms with van der Waals surface area (Å²) in [4.78, 5) is 22.8. The highest BCUT2D eigenvalue weighted by Crippen LogP contribution is 2.22. The summed E-state index contributed by atoms with van der Waals surface area (Å²) in [5.41, 5.74) is 0. The van der Waals surface area contributed by atoms with E-state index in [1.165, 1.54) is 11.8 Å². The van der Waals surface area contributed by atoms with Crippen LogP contribution >= 0.6 is 11.8 Å². The lowest BCUT2D eigenvalue weighted by molar-refractivity contribution is -0.117. The van der Waals surface area contributed by atoms with Gasteiger partial charge in [-0.05, 0) is 19.1 Å². The Morgan fingerprint density at radius 2 is 2.24 bits per heavy atom. The largest absolute Gasteiger partial charge is 0.461 e. The molecular formula is C12H15N5O3S. The molecule has 0 fully saturated rings. The number of amides is 3. The summed E-state index contributed by atoms with van der Waals surface area (Å²) in [5.74, 6) is 0.852. The lowest BCUT2D eigenvalue weighted by Crippen LogP contribution is -2.40. The van der Waals surface area contributed by atoms with Crippen LogP contribution in [0, 0.1) is 0 Å². The maximum atomic E-state index is 11.6. The predicted octanol–water partition coefficient (Wildman–Crippen LogP) is 1.01. The SMILES string of the molecule is CCNC(=O)NC(=O)CSc1nnc(-c2ccco2)n1C. The van der Waals surface area contributed by atoms with Crippen LogP contribution in [-0.4, -0.2) is 39.0 Å². The van der Waals surface area contributed by atoms with Crippen molar-refractivity contribution in [1.29, 1.82) is 0 Å². The molecule has 3 amide bonds. The number of urea groups is 1. The number of carbonyl (C=O) groups is 2. The van der Waals surface area contributed by atoms with E-state index < -0.39 is 11.9 Å². The fraction of sp³-hybridized carbons (Fsp3) is 0.333. The Kier molecular flexibility index (Phi) is 4.99. The zero-order valence-corrected chi connectivity index (χ0v) is 12.4. The molecule has 2 rings (SSSR count). The first kappa shape index (κ1) is 15.1. The molecule has 0 saturated carbocycles. The van der Waals surface area contributed by atoms with Gasteiger partial charge in [0, 0.05) is 13.6 Å². The first-order valence-electron chi connectivity index (χ1n) is 6.25. The van der Waals surface area contributed by atoms with Crippen molar-refractivity contribution in [3.63, 3.8) is 0 Å². The summed E-state index contributed by atoms with van der Waals surface area (Å²) in [7, 11) is 1.78. The van der Waals surface area contributed by atoms with Gasteiger partial charge >= 0.3 is 6.03 Å². The molecule has 9 heteroatoms. The monoisotopic (exact) mass is 309 g/mol. The first-order valence-corrected chi connectivity index (χ1v) is 7.24. The van der Waals surface area contributed by atoms with Gasteiger partial charge in [-0.3, -0.25) is 10.1 Å². The molecule has 2 heterocycles. The lowest BCUT2D eigenvalue weighted by Gasteiger charge is -2.04. The number of carbonyl (C=O) groups excluding carboxylic acids is 2. The third-order valence-electron chi connectivity index (χ3n) is 2.50. The van der Waals surface area contributed by atoms with Crippen molar-refractivity contribution in [2.24, 2.45) is 7.05 Å². The smallest absolute Gasteiger partial charge is 0.321 e. The third-order valence-corrected chi connectivity index (χ3v) is 3.52. The molecule has 0 aromatic carbocycles. The second kappa shape index (κ2) is 6.93. The Morgan fingerprint density at radius 3 is 2.90 bits per heavy atom. The van der Waals surface area contributed by atoms with Crippen LogP contribution in [-0.2, 0) is 11.8 Å². The van der Waals surface area contributed by atoms with Gasteiger partial charge in [0.25, 0.3) is 0 Å². The molecule has 0 aliphatic rings. The van der Waals surface area contributed by atoms with Gasteiger partial charge in [0.05, 0.1) is 12.0 Å². The molecule has 8 nitrogen and oxygen atoms in total. The number of thioether (sulfide) groups is 1. The lowest BCUT2D eigenvalue weighted by atomic mass is 10.4. The number of aromatic nitrogens is 3. The summed E-state index contributed by atoms with van der Waals surface area (Å²) in [6, 6.07) is 3.04. The van der Waals surface area contributed by atoms with E-state index in [1.807, 2.05) is 0 Å². The summed E-state index contributed by atoms with van der Waals surface area (Å²) < 4.78 is 6.98. The average Bonchev–Trinajstić information content (AvgIpc) is 3.06. The number of furan rings is 1. The first-order chi connectivity index (χ1) is 10.1. The maximum Gasteiger partial charge on any atom is 0.321 e. The molecule has 0 atom stereocenters. The molecule has 0 unspecified atom stereocenters. The van der Waals surface area contributed by atoms with Crippen molar-refractivity contribution in [1.82, 2.24) is 25.4 Å². The molecule has 0 saturated heterocycles. The molecule has 21 heavy (non-hydrogen) atoms. The summed E-state index contributed by atoms with van der Waals surface area (Å²) in [5, 5.41) is 13.3. The second-order valence-electron chi connectivity index (χ2n) is 4.04. The Morgan fingerprint density at radius 1 is 1.43 bits per heavy atom. The van der Waals surface area contributed by atoms with Crippen molar-refractivity contribution >= 4 is 23.7 Å². The van der Waals surface area contributed by atoms with Crippen LogP contribution in [0.5, 0.6) is 0 Å². The van der Waals surface area contributed by atoms with Gasteiger partial charge in [0.2, 0.25) is 5.91 Å². The summed E-state index contributed by atoms with van der Waals surface area (Å²) in [6.45, 7) is 2.23. The molecular weight excluding hydrogens is 294 g/mol. The summed E-state index contributed by atoms with van der Waals surface area (Å²) >= 11 is 1.19. The molecule has 0 spiro atoms. The highest BCUT2D eigenvalue weighted by Gasteiger charge is 2.15. The normalized spacial score (nSPS) is 10.4. The quantitative estimate of drug-likeness (QED) is 0.799. The molecule has 112 valence electrons. The van der Waals surface area contributed by atoms with Crippen molar-refractivity contribution in [2.45, 2.75) is 12.1 Å². The van der Waals surface area contributed by atoms with Gasteiger partial charge in [-0.15, -0.1) is 10.2 Å². The Balaban J connectivity index is 1.92. The van der Waals surface area contributed by atoms with Crippen LogP contribution in [0.2, 0.25) is 0 Å². The van der Waals surface area contributed by atoms with Crippen LogP contribution in [0.15, 0.2) is 28.0 Å². The van der Waals surface area contributed by atoms with Crippen LogP contribution in [0.4, 0.5) is 4.79 Å². The molecule has 0 bridgehead atoms. The number of hydrogen-bond acceptors (Lipinski definition) is 6. The third kappa shape index (κ3) is 3.85. The van der Waals surface area contributed by atoms with E-state index >= 15 is 0 Å². The number of hydrogen-bond donors (Lipinski definition) is 2. The minimum absolute atomic E-state index is 0.0707. The molecule has 2 aromatic heterocycles. The molecule has 0 aliphatic carbocycles. The molecule has 2 N–H and O–H groups in total. The molecule has 0 radical (unpaired) electrons. The van der Waals surface area contributed by atoms with Crippen molar-refractivity contribution in [2.75, 3.05) is 12.3 Å². The zero-order valence-electron chi connectivity index (χ0n) is 11.6. The van der Waals surface area contributed by atoms with Crippen LogP contribution in [0.3, 0.4) is 0 Å². The highest BCUT2D eigenvalue weighted by atomic mass is 32.2. The minimum atomic E-state index is -0.502. The minimum Gasteiger partial charge on any atom is -0.461 e. The van der Waals surface area contributed by atoms with Crippen molar-refractivity contribution in [3.05, 3.63) is 18.4 Å². The van der Waals surface area contributed by atoms with Crippen molar-refractivity contribution in [3.8, 4) is 11.6 Å². The standard InChI is InChI=1S/C12H15N5O3S/c1-3-13-11(19)14-9(18)7-21-12-16-15-10(17(12)2)8-5-4-6-20-8/h4-6H,3,7H2,1-2H3,(H2,13,14,18,19). The highest BCUT2D eigenvalue weighted by molar-refractivity contribution is 7.99. The number of imide groups is 1. The van der Waals surface area contributed by atoms with Gasteiger partial charge in [0.1, 0.15) is 0 Å².